The first-order valence-corrected chi connectivity index (χ1v) is 7.37. The fourth-order valence-corrected chi connectivity index (χ4v) is 2.25. The van der Waals surface area contributed by atoms with Gasteiger partial charge in [-0.15, -0.1) is 0 Å². The van der Waals surface area contributed by atoms with E-state index >= 15 is 0 Å². The second kappa shape index (κ2) is 7.49. The van der Waals surface area contributed by atoms with Crippen LogP contribution in [0.3, 0.4) is 0 Å². The Labute approximate surface area is 125 Å². The number of hydrogen-bond acceptors (Lipinski definition) is 5. The van der Waals surface area contributed by atoms with E-state index in [1.165, 1.54) is 18.0 Å². The first-order chi connectivity index (χ1) is 10.2. The van der Waals surface area contributed by atoms with Crippen LogP contribution in [0.15, 0.2) is 46.3 Å². The number of ether oxygens (including phenoxy) is 1. The summed E-state index contributed by atoms with van der Waals surface area (Å²) in [7, 11) is 0. The Morgan fingerprint density at radius 3 is 2.76 bits per heavy atom. The summed E-state index contributed by atoms with van der Waals surface area (Å²) in [5, 5.41) is 3.38. The van der Waals surface area contributed by atoms with Gasteiger partial charge in [-0.05, 0) is 37.3 Å². The summed E-state index contributed by atoms with van der Waals surface area (Å²) in [5.74, 6) is 0.814. The smallest absolute Gasteiger partial charge is 0.345 e. The van der Waals surface area contributed by atoms with Gasteiger partial charge in [0.25, 0.3) is 0 Å². The summed E-state index contributed by atoms with van der Waals surface area (Å²) in [5.41, 5.74) is 0.277. The third-order valence-electron chi connectivity index (χ3n) is 2.46. The van der Waals surface area contributed by atoms with Crippen molar-refractivity contribution >= 4 is 23.4 Å². The van der Waals surface area contributed by atoms with E-state index in [-0.39, 0.29) is 11.7 Å². The number of carbonyl (C=O) groups excluding carboxylic acids is 1. The van der Waals surface area contributed by atoms with Crippen molar-refractivity contribution in [3.8, 4) is 5.75 Å². The van der Waals surface area contributed by atoms with Crippen molar-refractivity contribution in [1.82, 2.24) is 9.97 Å². The van der Waals surface area contributed by atoms with Crippen molar-refractivity contribution < 1.29 is 9.53 Å². The number of aromatic amines is 1. The maximum absolute atomic E-state index is 11.8. The van der Waals surface area contributed by atoms with Crippen molar-refractivity contribution in [2.45, 2.75) is 11.9 Å². The van der Waals surface area contributed by atoms with Gasteiger partial charge in [-0.25, -0.2) is 9.78 Å². The van der Waals surface area contributed by atoms with Gasteiger partial charge >= 0.3 is 5.69 Å². The maximum Gasteiger partial charge on any atom is 0.345 e. The Hall–Kier alpha value is -2.28. The fourth-order valence-electron chi connectivity index (χ4n) is 1.58. The number of H-pyrrole nitrogens is 1. The van der Waals surface area contributed by atoms with Crippen LogP contribution in [0.1, 0.15) is 6.92 Å². The minimum atomic E-state index is -0.424. The molecule has 0 aliphatic carbocycles. The van der Waals surface area contributed by atoms with E-state index in [4.69, 9.17) is 4.74 Å². The predicted molar refractivity (Wildman–Crippen MR) is 81.8 cm³/mol. The van der Waals surface area contributed by atoms with Gasteiger partial charge in [0.05, 0.1) is 17.4 Å². The number of rotatable bonds is 6. The average molecular weight is 305 g/mol. The molecule has 0 radical (unpaired) electrons. The molecule has 0 fully saturated rings. The minimum absolute atomic E-state index is 0.151. The Balaban J connectivity index is 1.85. The lowest BCUT2D eigenvalue weighted by molar-refractivity contribution is -0.113. The van der Waals surface area contributed by atoms with Gasteiger partial charge in [0.1, 0.15) is 5.75 Å². The highest BCUT2D eigenvalue weighted by Crippen LogP contribution is 2.17. The Morgan fingerprint density at radius 2 is 2.10 bits per heavy atom. The summed E-state index contributed by atoms with van der Waals surface area (Å²) in [6, 6.07) is 8.80. The summed E-state index contributed by atoms with van der Waals surface area (Å²) in [6.45, 7) is 2.52. The summed E-state index contributed by atoms with van der Waals surface area (Å²) in [4.78, 5) is 28.9. The highest BCUT2D eigenvalue weighted by Gasteiger charge is 2.04. The van der Waals surface area contributed by atoms with Crippen LogP contribution in [0.4, 0.5) is 5.69 Å². The molecule has 0 aliphatic heterocycles. The zero-order chi connectivity index (χ0) is 15.1. The van der Waals surface area contributed by atoms with Crippen LogP contribution >= 0.6 is 11.8 Å². The first kappa shape index (κ1) is 15.1. The molecule has 1 amide bonds. The number of amides is 1. The summed E-state index contributed by atoms with van der Waals surface area (Å²) < 4.78 is 5.33. The lowest BCUT2D eigenvalue weighted by Crippen LogP contribution is -2.15. The second-order valence-corrected chi connectivity index (χ2v) is 5.05. The largest absolute Gasteiger partial charge is 0.494 e. The summed E-state index contributed by atoms with van der Waals surface area (Å²) >= 11 is 1.24. The Kier molecular flexibility index (Phi) is 5.39. The number of aromatic nitrogens is 2. The zero-order valence-electron chi connectivity index (χ0n) is 11.5. The van der Waals surface area contributed by atoms with Crippen LogP contribution in [0.2, 0.25) is 0 Å². The van der Waals surface area contributed by atoms with Gasteiger partial charge in [0.15, 0.2) is 0 Å². The average Bonchev–Trinajstić information content (AvgIpc) is 2.48. The molecule has 0 bridgehead atoms. The lowest BCUT2D eigenvalue weighted by atomic mass is 10.3. The predicted octanol–water partition coefficient (Wildman–Crippen LogP) is 1.90. The molecular weight excluding hydrogens is 290 g/mol. The van der Waals surface area contributed by atoms with Gasteiger partial charge in [-0.3, -0.25) is 4.79 Å². The quantitative estimate of drug-likeness (QED) is 0.629. The van der Waals surface area contributed by atoms with Gasteiger partial charge in [0, 0.05) is 11.9 Å². The fraction of sp³-hybridized carbons (Fsp3) is 0.214. The molecule has 2 N–H and O–H groups in total. The summed E-state index contributed by atoms with van der Waals surface area (Å²) in [6.07, 6.45) is 1.41. The van der Waals surface area contributed by atoms with Crippen LogP contribution < -0.4 is 15.7 Å². The zero-order valence-corrected chi connectivity index (χ0v) is 12.3. The molecular formula is C14H15N3O3S. The Bertz CT molecular complexity index is 655. The number of hydrogen-bond donors (Lipinski definition) is 2. The molecule has 0 spiro atoms. The molecule has 21 heavy (non-hydrogen) atoms. The van der Waals surface area contributed by atoms with Crippen LogP contribution in [-0.4, -0.2) is 28.2 Å². The van der Waals surface area contributed by atoms with E-state index in [1.807, 2.05) is 6.92 Å². The topological polar surface area (TPSA) is 84.1 Å². The number of benzene rings is 1. The molecule has 0 saturated carbocycles. The molecule has 1 aromatic carbocycles. The SMILES string of the molecule is CCOc1ccc(NC(=O)CSc2ccnc(=O)[nH]2)cc1. The van der Waals surface area contributed by atoms with Crippen molar-refractivity contribution in [2.75, 3.05) is 17.7 Å². The number of nitrogens with zero attached hydrogens (tertiary/aromatic N) is 1. The minimum Gasteiger partial charge on any atom is -0.494 e. The van der Waals surface area contributed by atoms with Crippen molar-refractivity contribution in [2.24, 2.45) is 0 Å². The van der Waals surface area contributed by atoms with Crippen LogP contribution in [0, 0.1) is 0 Å². The first-order valence-electron chi connectivity index (χ1n) is 6.38. The standard InChI is InChI=1S/C14H15N3O3S/c1-2-20-11-5-3-10(4-6-11)16-12(18)9-21-13-7-8-15-14(19)17-13/h3-8H,2,9H2,1H3,(H,16,18)(H,15,17,19). The van der Waals surface area contributed by atoms with Gasteiger partial charge in [-0.2, -0.15) is 0 Å². The molecule has 2 aromatic rings. The molecule has 6 nitrogen and oxygen atoms in total. The molecule has 110 valence electrons. The van der Waals surface area contributed by atoms with Gasteiger partial charge < -0.3 is 15.0 Å². The van der Waals surface area contributed by atoms with Crippen molar-refractivity contribution in [3.05, 3.63) is 47.0 Å². The molecule has 1 heterocycles. The van der Waals surface area contributed by atoms with E-state index in [2.05, 4.69) is 15.3 Å². The third kappa shape index (κ3) is 4.96. The van der Waals surface area contributed by atoms with Crippen LogP contribution in [0.25, 0.3) is 0 Å². The second-order valence-electron chi connectivity index (χ2n) is 4.03. The van der Waals surface area contributed by atoms with Crippen LogP contribution in [-0.2, 0) is 4.79 Å². The number of anilines is 1. The van der Waals surface area contributed by atoms with E-state index < -0.39 is 5.69 Å². The maximum atomic E-state index is 11.8. The van der Waals surface area contributed by atoms with E-state index in [0.29, 0.717) is 17.3 Å². The molecule has 0 atom stereocenters. The third-order valence-corrected chi connectivity index (χ3v) is 3.41. The molecule has 0 saturated heterocycles. The number of carbonyl (C=O) groups is 1. The number of nitrogens with one attached hydrogen (secondary N) is 2. The van der Waals surface area contributed by atoms with Crippen molar-refractivity contribution in [3.63, 3.8) is 0 Å². The van der Waals surface area contributed by atoms with E-state index in [0.717, 1.165) is 5.75 Å². The molecule has 0 unspecified atom stereocenters. The van der Waals surface area contributed by atoms with Gasteiger partial charge in [0.2, 0.25) is 5.91 Å². The molecule has 1 aromatic heterocycles. The van der Waals surface area contributed by atoms with E-state index in [9.17, 15) is 9.59 Å². The van der Waals surface area contributed by atoms with Crippen molar-refractivity contribution in [1.29, 1.82) is 0 Å². The normalized spacial score (nSPS) is 10.1. The highest BCUT2D eigenvalue weighted by molar-refractivity contribution is 7.99. The number of thioether (sulfide) groups is 1. The monoisotopic (exact) mass is 305 g/mol. The van der Waals surface area contributed by atoms with Crippen LogP contribution in [0.5, 0.6) is 5.75 Å². The molecule has 2 rings (SSSR count). The molecule has 7 heteroatoms. The lowest BCUT2D eigenvalue weighted by Gasteiger charge is -2.07. The van der Waals surface area contributed by atoms with E-state index in [1.54, 1.807) is 30.3 Å². The van der Waals surface area contributed by atoms with Gasteiger partial charge in [-0.1, -0.05) is 11.8 Å². The Morgan fingerprint density at radius 1 is 1.33 bits per heavy atom. The highest BCUT2D eigenvalue weighted by atomic mass is 32.2. The molecule has 0 aliphatic rings.